The molecule has 0 bridgehead atoms. The van der Waals surface area contributed by atoms with Crippen LogP contribution < -0.4 is 0 Å². The highest BCUT2D eigenvalue weighted by atomic mass is 14.7. The largest absolute Gasteiger partial charge is 0.0955 e. The number of fused-ring (bicyclic) bond motifs is 3. The Labute approximate surface area is 208 Å². The van der Waals surface area contributed by atoms with E-state index in [9.17, 15) is 0 Å². The van der Waals surface area contributed by atoms with Gasteiger partial charge in [-0.2, -0.15) is 0 Å². The molecule has 180 valence electrons. The van der Waals surface area contributed by atoms with Gasteiger partial charge in [0.05, 0.1) is 0 Å². The molecule has 0 saturated heterocycles. The lowest BCUT2D eigenvalue weighted by Gasteiger charge is -2.67. The number of benzene rings is 1. The van der Waals surface area contributed by atoms with Gasteiger partial charge in [-0.15, -0.1) is 0 Å². The van der Waals surface area contributed by atoms with Crippen LogP contribution in [0.4, 0.5) is 0 Å². The van der Waals surface area contributed by atoms with Crippen LogP contribution in [-0.2, 0) is 0 Å². The summed E-state index contributed by atoms with van der Waals surface area (Å²) in [4.78, 5) is 0. The number of hydrogen-bond donors (Lipinski definition) is 0. The Morgan fingerprint density at radius 1 is 0.941 bits per heavy atom. The van der Waals surface area contributed by atoms with Crippen LogP contribution in [0.3, 0.4) is 0 Å². The molecule has 0 nitrogen and oxygen atoms in total. The lowest BCUT2D eigenvalue weighted by atomic mass is 9.36. The Balaban J connectivity index is 2.11. The molecular formula is C34H44. The first-order valence-electron chi connectivity index (χ1n) is 12.8. The van der Waals surface area contributed by atoms with Crippen molar-refractivity contribution >= 4 is 11.1 Å². The van der Waals surface area contributed by atoms with Crippen LogP contribution in [0, 0.1) is 29.1 Å². The Morgan fingerprint density at radius 2 is 1.53 bits per heavy atom. The van der Waals surface area contributed by atoms with Crippen LogP contribution >= 0.6 is 0 Å². The summed E-state index contributed by atoms with van der Waals surface area (Å²) in [5, 5.41) is 0. The van der Waals surface area contributed by atoms with Crippen molar-refractivity contribution in [1.82, 2.24) is 0 Å². The van der Waals surface area contributed by atoms with Gasteiger partial charge in [-0.3, -0.25) is 0 Å². The number of hydrogen-bond acceptors (Lipinski definition) is 0. The van der Waals surface area contributed by atoms with E-state index in [1.54, 1.807) is 0 Å². The molecule has 3 aliphatic rings. The zero-order chi connectivity index (χ0) is 25.7. The monoisotopic (exact) mass is 452 g/mol. The van der Waals surface area contributed by atoms with E-state index in [0.717, 1.165) is 17.6 Å². The summed E-state index contributed by atoms with van der Waals surface area (Å²) in [6.45, 7) is 41.8. The van der Waals surface area contributed by atoms with E-state index in [4.69, 9.17) is 13.2 Å². The molecule has 0 saturated carbocycles. The van der Waals surface area contributed by atoms with Crippen molar-refractivity contribution in [3.63, 3.8) is 0 Å². The summed E-state index contributed by atoms with van der Waals surface area (Å²) in [6.07, 6.45) is 1.08. The van der Waals surface area contributed by atoms with E-state index in [2.05, 4.69) is 94.5 Å². The maximum Gasteiger partial charge on any atom is 0.0196 e. The average molecular weight is 453 g/mol. The maximum atomic E-state index is 4.80. The molecule has 0 amide bonds. The van der Waals surface area contributed by atoms with Gasteiger partial charge in [0.2, 0.25) is 0 Å². The Bertz CT molecular complexity index is 1260. The number of rotatable bonds is 2. The van der Waals surface area contributed by atoms with Gasteiger partial charge in [0.25, 0.3) is 0 Å². The third-order valence-electron chi connectivity index (χ3n) is 11.0. The summed E-state index contributed by atoms with van der Waals surface area (Å²) in [7, 11) is 0. The summed E-state index contributed by atoms with van der Waals surface area (Å²) < 4.78 is 0. The van der Waals surface area contributed by atoms with Gasteiger partial charge in [0.1, 0.15) is 0 Å². The van der Waals surface area contributed by atoms with Gasteiger partial charge in [-0.05, 0) is 103 Å². The zero-order valence-electron chi connectivity index (χ0n) is 23.3. The predicted octanol–water partition coefficient (Wildman–Crippen LogP) is 10.00. The first kappa shape index (κ1) is 24.8. The van der Waals surface area contributed by atoms with Gasteiger partial charge in [-0.25, -0.2) is 0 Å². The van der Waals surface area contributed by atoms with Crippen molar-refractivity contribution < 1.29 is 0 Å². The Kier molecular flexibility index (Phi) is 5.34. The number of allylic oxidation sites excluding steroid dienone is 8. The second-order valence-electron chi connectivity index (χ2n) is 12.3. The SMILES string of the molecule is C=C(C)C1=C(C)C[C@@]2(C)[C@H](C)[C@]3(C)C(=C(C)[C@@]2(C)C1=C)C(=C)c1c(ccc(C(=C)C)c1C)[C@H]3C. The minimum Gasteiger partial charge on any atom is -0.0955 e. The van der Waals surface area contributed by atoms with E-state index in [1.807, 2.05) is 0 Å². The molecule has 0 unspecified atom stereocenters. The molecule has 0 fully saturated rings. The fourth-order valence-corrected chi connectivity index (χ4v) is 8.61. The van der Waals surface area contributed by atoms with E-state index in [0.29, 0.717) is 11.8 Å². The third kappa shape index (κ3) is 2.61. The molecule has 1 aromatic rings. The molecule has 5 atom stereocenters. The smallest absolute Gasteiger partial charge is 0.0196 e. The summed E-state index contributed by atoms with van der Waals surface area (Å²) in [5.41, 5.74) is 15.6. The van der Waals surface area contributed by atoms with E-state index in [-0.39, 0.29) is 16.2 Å². The van der Waals surface area contributed by atoms with Gasteiger partial charge in [0, 0.05) is 10.8 Å². The molecule has 0 N–H and O–H groups in total. The minimum atomic E-state index is -0.144. The normalized spacial score (nSPS) is 35.1. The van der Waals surface area contributed by atoms with Gasteiger partial charge in [0.15, 0.2) is 0 Å². The molecule has 0 heteroatoms. The molecule has 0 spiro atoms. The third-order valence-corrected chi connectivity index (χ3v) is 11.0. The molecule has 0 aromatic heterocycles. The minimum absolute atomic E-state index is 0.000887. The molecular weight excluding hydrogens is 408 g/mol. The Morgan fingerprint density at radius 3 is 2.06 bits per heavy atom. The van der Waals surface area contributed by atoms with Crippen LogP contribution in [0.1, 0.15) is 96.9 Å². The van der Waals surface area contributed by atoms with Gasteiger partial charge in [-0.1, -0.05) is 95.4 Å². The first-order chi connectivity index (χ1) is 15.6. The van der Waals surface area contributed by atoms with Crippen LogP contribution in [0.25, 0.3) is 11.1 Å². The van der Waals surface area contributed by atoms with Crippen LogP contribution in [0.2, 0.25) is 0 Å². The lowest BCUT2D eigenvalue weighted by Crippen LogP contribution is -2.58. The molecule has 0 heterocycles. The molecule has 34 heavy (non-hydrogen) atoms. The fourth-order valence-electron chi connectivity index (χ4n) is 8.61. The van der Waals surface area contributed by atoms with Crippen molar-refractivity contribution in [2.75, 3.05) is 0 Å². The summed E-state index contributed by atoms with van der Waals surface area (Å²) >= 11 is 0. The van der Waals surface area contributed by atoms with Crippen LogP contribution in [0.5, 0.6) is 0 Å². The maximum absolute atomic E-state index is 4.80. The predicted molar refractivity (Wildman–Crippen MR) is 151 cm³/mol. The average Bonchev–Trinajstić information content (AvgIpc) is 2.73. The van der Waals surface area contributed by atoms with E-state index < -0.39 is 0 Å². The molecule has 1 aromatic carbocycles. The summed E-state index contributed by atoms with van der Waals surface area (Å²) in [5.74, 6) is 0.843. The highest BCUT2D eigenvalue weighted by Crippen LogP contribution is 2.74. The van der Waals surface area contributed by atoms with E-state index in [1.165, 1.54) is 55.7 Å². The van der Waals surface area contributed by atoms with Crippen LogP contribution in [-0.4, -0.2) is 0 Å². The van der Waals surface area contributed by atoms with Crippen molar-refractivity contribution in [3.8, 4) is 0 Å². The topological polar surface area (TPSA) is 0 Å². The van der Waals surface area contributed by atoms with E-state index >= 15 is 0 Å². The van der Waals surface area contributed by atoms with Crippen molar-refractivity contribution in [2.24, 2.45) is 22.2 Å². The van der Waals surface area contributed by atoms with Gasteiger partial charge >= 0.3 is 0 Å². The second-order valence-corrected chi connectivity index (χ2v) is 12.3. The molecule has 4 rings (SSSR count). The highest BCUT2D eigenvalue weighted by Gasteiger charge is 2.64. The van der Waals surface area contributed by atoms with Crippen molar-refractivity contribution in [1.29, 1.82) is 0 Å². The quantitative estimate of drug-likeness (QED) is 0.419. The standard InChI is InChI=1S/C34H44/c1-18(2)27-15-16-28-23(8)33(13)26(11)32(12)17-20(5)29(19(3)4)24(9)34(32,14)25(10)31(33)22(7)30(28)21(27)6/h15-16,23,26H,1,3,7,9,17H2,2,4-6,8,10-14H3/t23-,26+,32+,33-,34-/m1/s1. The van der Waals surface area contributed by atoms with Crippen LogP contribution in [0.15, 0.2) is 71.9 Å². The summed E-state index contributed by atoms with van der Waals surface area (Å²) in [6, 6.07) is 4.63. The van der Waals surface area contributed by atoms with Crippen molar-refractivity contribution in [2.45, 2.75) is 81.6 Å². The molecule has 0 aliphatic heterocycles. The lowest BCUT2D eigenvalue weighted by molar-refractivity contribution is -0.0260. The fraction of sp³-hybridized carbons (Fsp3) is 0.471. The zero-order valence-corrected chi connectivity index (χ0v) is 23.3. The molecule has 0 radical (unpaired) electrons. The Hall–Kier alpha value is -2.34. The second kappa shape index (κ2) is 7.33. The van der Waals surface area contributed by atoms with Gasteiger partial charge < -0.3 is 0 Å². The molecule has 3 aliphatic carbocycles. The first-order valence-corrected chi connectivity index (χ1v) is 12.8. The highest BCUT2D eigenvalue weighted by molar-refractivity contribution is 5.89. The van der Waals surface area contributed by atoms with Crippen molar-refractivity contribution in [3.05, 3.63) is 94.1 Å².